The van der Waals surface area contributed by atoms with Crippen LogP contribution in [-0.2, 0) is 4.74 Å². The van der Waals surface area contributed by atoms with Gasteiger partial charge in [0.2, 0.25) is 0 Å². The first-order chi connectivity index (χ1) is 18.8. The van der Waals surface area contributed by atoms with Gasteiger partial charge in [-0.1, -0.05) is 23.4 Å². The predicted molar refractivity (Wildman–Crippen MR) is 151 cm³/mol. The smallest absolute Gasteiger partial charge is 0.420 e. The molecule has 1 aromatic heterocycles. The summed E-state index contributed by atoms with van der Waals surface area (Å²) in [5, 5.41) is 15.4. The molecule has 40 heavy (non-hydrogen) atoms. The fourth-order valence-electron chi connectivity index (χ4n) is 4.28. The fraction of sp³-hybridized carbons (Fsp3) is 0.393. The molecule has 0 radical (unpaired) electrons. The first-order valence-electron chi connectivity index (χ1n) is 12.7. The number of hydrogen-bond acceptors (Lipinski definition) is 8. The summed E-state index contributed by atoms with van der Waals surface area (Å²) < 4.78 is 19.6. The van der Waals surface area contributed by atoms with E-state index in [1.165, 1.54) is 30.6 Å². The van der Waals surface area contributed by atoms with E-state index in [2.05, 4.69) is 32.0 Å². The normalized spacial score (nSPS) is 14.4. The minimum absolute atomic E-state index is 0.00526. The number of benzene rings is 2. The molecule has 0 unspecified atom stereocenters. The largest absolute Gasteiger partial charge is 0.443 e. The van der Waals surface area contributed by atoms with E-state index in [1.54, 1.807) is 20.8 Å². The lowest BCUT2D eigenvalue weighted by Crippen LogP contribution is -2.52. The van der Waals surface area contributed by atoms with Gasteiger partial charge in [-0.05, 0) is 58.9 Å². The van der Waals surface area contributed by atoms with E-state index in [4.69, 9.17) is 16.3 Å². The lowest BCUT2D eigenvalue weighted by molar-refractivity contribution is -0.385. The molecule has 10 nitrogen and oxygen atoms in total. The summed E-state index contributed by atoms with van der Waals surface area (Å²) in [6, 6.07) is 6.49. The van der Waals surface area contributed by atoms with Crippen LogP contribution in [0.4, 0.5) is 26.4 Å². The third kappa shape index (κ3) is 6.47. The van der Waals surface area contributed by atoms with E-state index in [0.29, 0.717) is 5.52 Å². The average Bonchev–Trinajstić information content (AvgIpc) is 2.88. The zero-order valence-corrected chi connectivity index (χ0v) is 23.7. The van der Waals surface area contributed by atoms with Crippen molar-refractivity contribution in [2.45, 2.75) is 45.8 Å². The highest BCUT2D eigenvalue weighted by molar-refractivity contribution is 6.31. The van der Waals surface area contributed by atoms with Crippen molar-refractivity contribution in [3.8, 4) is 11.8 Å². The Hall–Kier alpha value is -3.85. The molecule has 4 rings (SSSR count). The van der Waals surface area contributed by atoms with Crippen molar-refractivity contribution >= 4 is 45.8 Å². The fourth-order valence-corrected chi connectivity index (χ4v) is 4.45. The Labute approximate surface area is 236 Å². The highest BCUT2D eigenvalue weighted by Gasteiger charge is 2.30. The molecule has 0 spiro atoms. The second-order valence-corrected chi connectivity index (χ2v) is 11.2. The SMILES string of the molecule is CC(C)(C)OC(=O)N(c1ccc(F)c(Cl)c1)c1ncnc2cc(C#CC(C)(C)N3CCNCC3)c([N+](=O)[O-])cc12. The summed E-state index contributed by atoms with van der Waals surface area (Å²) in [6.45, 7) is 12.3. The number of amides is 1. The number of hydrogen-bond donors (Lipinski definition) is 1. The molecular weight excluding hydrogens is 539 g/mol. The van der Waals surface area contributed by atoms with Crippen molar-refractivity contribution in [2.24, 2.45) is 0 Å². The minimum atomic E-state index is -0.881. The number of rotatable bonds is 4. The molecule has 1 aliphatic rings. The Morgan fingerprint density at radius 3 is 2.50 bits per heavy atom. The predicted octanol–water partition coefficient (Wildman–Crippen LogP) is 5.44. The van der Waals surface area contributed by atoms with E-state index < -0.39 is 28.0 Å². The van der Waals surface area contributed by atoms with Crippen LogP contribution in [0.25, 0.3) is 10.9 Å². The monoisotopic (exact) mass is 568 g/mol. The van der Waals surface area contributed by atoms with Crippen molar-refractivity contribution in [2.75, 3.05) is 31.1 Å². The molecule has 1 amide bonds. The summed E-state index contributed by atoms with van der Waals surface area (Å²) in [6.07, 6.45) is 0.396. The van der Waals surface area contributed by atoms with Gasteiger partial charge in [0.05, 0.1) is 32.1 Å². The van der Waals surface area contributed by atoms with E-state index in [1.807, 2.05) is 13.8 Å². The summed E-state index contributed by atoms with van der Waals surface area (Å²) in [5.74, 6) is 5.51. The number of ether oxygens (including phenoxy) is 1. The first-order valence-corrected chi connectivity index (χ1v) is 13.0. The quantitative estimate of drug-likeness (QED) is 0.251. The van der Waals surface area contributed by atoms with Crippen molar-refractivity contribution < 1.29 is 18.8 Å². The molecule has 1 saturated heterocycles. The Morgan fingerprint density at radius 2 is 1.88 bits per heavy atom. The number of nitro benzene ring substituents is 1. The molecule has 2 aromatic carbocycles. The van der Waals surface area contributed by atoms with Gasteiger partial charge in [0, 0.05) is 32.2 Å². The Morgan fingerprint density at radius 1 is 1.18 bits per heavy atom. The van der Waals surface area contributed by atoms with Crippen molar-refractivity contribution in [3.05, 3.63) is 63.2 Å². The van der Waals surface area contributed by atoms with Crippen molar-refractivity contribution in [1.82, 2.24) is 20.2 Å². The van der Waals surface area contributed by atoms with Gasteiger partial charge in [0.1, 0.15) is 23.3 Å². The van der Waals surface area contributed by atoms with Crippen LogP contribution >= 0.6 is 11.6 Å². The topological polar surface area (TPSA) is 114 Å². The molecule has 0 atom stereocenters. The van der Waals surface area contributed by atoms with Crippen LogP contribution in [0.15, 0.2) is 36.7 Å². The second kappa shape index (κ2) is 11.3. The van der Waals surface area contributed by atoms with Crippen LogP contribution in [0.5, 0.6) is 0 Å². The van der Waals surface area contributed by atoms with Crippen LogP contribution in [-0.4, -0.2) is 63.2 Å². The van der Waals surface area contributed by atoms with E-state index >= 15 is 0 Å². The lowest BCUT2D eigenvalue weighted by Gasteiger charge is -2.37. The van der Waals surface area contributed by atoms with Gasteiger partial charge >= 0.3 is 6.09 Å². The first kappa shape index (κ1) is 29.1. The number of nitrogens with zero attached hydrogens (tertiary/aromatic N) is 5. The van der Waals surface area contributed by atoms with E-state index in [9.17, 15) is 19.3 Å². The van der Waals surface area contributed by atoms with Crippen LogP contribution < -0.4 is 10.2 Å². The summed E-state index contributed by atoms with van der Waals surface area (Å²) in [4.78, 5) is 36.9. The number of piperazine rings is 1. The van der Waals surface area contributed by atoms with E-state index in [0.717, 1.165) is 37.1 Å². The van der Waals surface area contributed by atoms with Gasteiger partial charge in [-0.25, -0.2) is 24.1 Å². The van der Waals surface area contributed by atoms with Gasteiger partial charge in [0.15, 0.2) is 5.82 Å². The molecule has 1 aliphatic heterocycles. The van der Waals surface area contributed by atoms with Crippen LogP contribution in [0.3, 0.4) is 0 Å². The van der Waals surface area contributed by atoms with Crippen LogP contribution in [0.2, 0.25) is 5.02 Å². The maximum absolute atomic E-state index is 14.0. The maximum atomic E-state index is 14.0. The van der Waals surface area contributed by atoms with Crippen molar-refractivity contribution in [3.63, 3.8) is 0 Å². The van der Waals surface area contributed by atoms with Crippen LogP contribution in [0, 0.1) is 27.8 Å². The molecule has 12 heteroatoms. The number of halogens is 2. The molecular formula is C28H30ClFN6O4. The summed E-state index contributed by atoms with van der Waals surface area (Å²) in [7, 11) is 0. The number of carbonyl (C=O) groups is 1. The Balaban J connectivity index is 1.87. The maximum Gasteiger partial charge on any atom is 0.420 e. The molecule has 1 fully saturated rings. The van der Waals surface area contributed by atoms with Gasteiger partial charge in [-0.3, -0.25) is 15.0 Å². The number of fused-ring (bicyclic) bond motifs is 1. The van der Waals surface area contributed by atoms with Crippen molar-refractivity contribution in [1.29, 1.82) is 0 Å². The molecule has 210 valence electrons. The molecule has 0 saturated carbocycles. The second-order valence-electron chi connectivity index (χ2n) is 10.8. The number of nitro groups is 1. The van der Waals surface area contributed by atoms with E-state index in [-0.39, 0.29) is 33.2 Å². The molecule has 1 N–H and O–H groups in total. The lowest BCUT2D eigenvalue weighted by atomic mass is 10.0. The van der Waals surface area contributed by atoms with Gasteiger partial charge in [0.25, 0.3) is 5.69 Å². The molecule has 2 heterocycles. The Bertz CT molecular complexity index is 1520. The number of aromatic nitrogens is 2. The van der Waals surface area contributed by atoms with Crippen LogP contribution in [0.1, 0.15) is 40.2 Å². The van der Waals surface area contributed by atoms with Gasteiger partial charge in [-0.2, -0.15) is 0 Å². The average molecular weight is 569 g/mol. The summed E-state index contributed by atoms with van der Waals surface area (Å²) in [5.41, 5.74) is -1.01. The highest BCUT2D eigenvalue weighted by Crippen LogP contribution is 2.36. The zero-order chi connectivity index (χ0) is 29.2. The minimum Gasteiger partial charge on any atom is -0.443 e. The molecule has 3 aromatic rings. The highest BCUT2D eigenvalue weighted by atomic mass is 35.5. The zero-order valence-electron chi connectivity index (χ0n) is 22.9. The Kier molecular flexibility index (Phi) is 8.25. The van der Waals surface area contributed by atoms with Gasteiger partial charge in [-0.15, -0.1) is 0 Å². The number of nitrogens with one attached hydrogen (secondary N) is 1. The third-order valence-corrected chi connectivity index (χ3v) is 6.58. The third-order valence-electron chi connectivity index (χ3n) is 6.29. The standard InChI is InChI=1S/C28H30ClFN6O4/c1-27(2,3)40-26(37)35(19-6-7-22(30)21(29)15-19)25-20-16-24(36(38)39)18(14-23(20)32-17-33-25)8-9-28(4,5)34-12-10-31-11-13-34/h6-7,14-17,31H,10-13H2,1-5H3. The molecule has 0 bridgehead atoms. The number of carbonyl (C=O) groups excluding carboxylic acids is 1. The number of anilines is 2. The van der Waals surface area contributed by atoms with Gasteiger partial charge < -0.3 is 10.1 Å². The summed E-state index contributed by atoms with van der Waals surface area (Å²) >= 11 is 6.02. The molecule has 0 aliphatic carbocycles.